The average Bonchev–Trinajstić information content (AvgIpc) is 2.75. The van der Waals surface area contributed by atoms with E-state index >= 15 is 0 Å². The lowest BCUT2D eigenvalue weighted by Crippen LogP contribution is -2.50. The maximum absolute atomic E-state index is 12.8. The number of amides is 2. The van der Waals surface area contributed by atoms with Crippen LogP contribution in [0.2, 0.25) is 0 Å². The van der Waals surface area contributed by atoms with Crippen molar-refractivity contribution in [1.29, 1.82) is 0 Å². The number of nitrogens with zero attached hydrogens (tertiary/aromatic N) is 2. The van der Waals surface area contributed by atoms with E-state index < -0.39 is 6.10 Å². The van der Waals surface area contributed by atoms with Gasteiger partial charge in [-0.1, -0.05) is 50.2 Å². The highest BCUT2D eigenvalue weighted by Crippen LogP contribution is 2.33. The predicted molar refractivity (Wildman–Crippen MR) is 114 cm³/mol. The summed E-state index contributed by atoms with van der Waals surface area (Å²) < 4.78 is 5.88. The molecule has 6 heteroatoms. The second-order valence-electron chi connectivity index (χ2n) is 7.15. The van der Waals surface area contributed by atoms with Crippen molar-refractivity contribution < 1.29 is 14.3 Å². The zero-order chi connectivity index (χ0) is 20.8. The highest BCUT2D eigenvalue weighted by atomic mass is 16.5. The molecule has 6 nitrogen and oxygen atoms in total. The van der Waals surface area contributed by atoms with E-state index in [1.165, 1.54) is 12.5 Å². The van der Waals surface area contributed by atoms with Crippen molar-refractivity contribution in [3.05, 3.63) is 59.7 Å². The second-order valence-corrected chi connectivity index (χ2v) is 7.15. The van der Waals surface area contributed by atoms with Gasteiger partial charge >= 0.3 is 0 Å². The third kappa shape index (κ3) is 4.95. The van der Waals surface area contributed by atoms with Gasteiger partial charge in [0.2, 0.25) is 5.91 Å². The Kier molecular flexibility index (Phi) is 6.88. The number of anilines is 1. The Bertz CT molecular complexity index is 864. The van der Waals surface area contributed by atoms with Crippen molar-refractivity contribution in [1.82, 2.24) is 10.2 Å². The molecule has 0 unspecified atom stereocenters. The zero-order valence-corrected chi connectivity index (χ0v) is 17.4. The lowest BCUT2D eigenvalue weighted by Gasteiger charge is -2.33. The van der Waals surface area contributed by atoms with E-state index in [9.17, 15) is 9.59 Å². The fraction of sp³-hybridized carbons (Fsp3) is 0.391. The van der Waals surface area contributed by atoms with Crippen LogP contribution in [0.5, 0.6) is 5.75 Å². The van der Waals surface area contributed by atoms with Crippen LogP contribution in [0.25, 0.3) is 0 Å². The molecular weight excluding hydrogens is 366 g/mol. The van der Waals surface area contributed by atoms with Crippen LogP contribution in [0.4, 0.5) is 5.69 Å². The Morgan fingerprint density at radius 3 is 2.41 bits per heavy atom. The van der Waals surface area contributed by atoms with Gasteiger partial charge in [0, 0.05) is 20.0 Å². The van der Waals surface area contributed by atoms with E-state index in [0.29, 0.717) is 18.0 Å². The summed E-state index contributed by atoms with van der Waals surface area (Å²) in [5, 5.41) is 2.99. The molecule has 0 radical (unpaired) electrons. The van der Waals surface area contributed by atoms with Crippen molar-refractivity contribution >= 4 is 17.5 Å². The van der Waals surface area contributed by atoms with Gasteiger partial charge in [0.05, 0.1) is 12.2 Å². The van der Waals surface area contributed by atoms with Crippen LogP contribution >= 0.6 is 0 Å². The lowest BCUT2D eigenvalue weighted by molar-refractivity contribution is -0.128. The average molecular weight is 396 g/mol. The largest absolute Gasteiger partial charge is 0.477 e. The van der Waals surface area contributed by atoms with Crippen LogP contribution in [-0.2, 0) is 22.7 Å². The van der Waals surface area contributed by atoms with E-state index in [0.717, 1.165) is 25.2 Å². The number of para-hydroxylation sites is 2. The van der Waals surface area contributed by atoms with Crippen molar-refractivity contribution in [2.24, 2.45) is 0 Å². The monoisotopic (exact) mass is 395 g/mol. The van der Waals surface area contributed by atoms with Crippen LogP contribution in [0.1, 0.15) is 31.9 Å². The van der Waals surface area contributed by atoms with Crippen LogP contribution in [0.3, 0.4) is 0 Å². The van der Waals surface area contributed by atoms with Gasteiger partial charge in [0.1, 0.15) is 5.75 Å². The van der Waals surface area contributed by atoms with Crippen LogP contribution in [-0.4, -0.2) is 42.5 Å². The molecule has 1 atom stereocenters. The van der Waals surface area contributed by atoms with Crippen molar-refractivity contribution in [3.8, 4) is 5.75 Å². The highest BCUT2D eigenvalue weighted by molar-refractivity contribution is 5.95. The van der Waals surface area contributed by atoms with E-state index in [1.807, 2.05) is 36.4 Å². The summed E-state index contributed by atoms with van der Waals surface area (Å²) in [6.45, 7) is 9.24. The summed E-state index contributed by atoms with van der Waals surface area (Å²) in [5.74, 6) is 0.225. The number of carbonyl (C=O) groups excluding carboxylic acids is 2. The summed E-state index contributed by atoms with van der Waals surface area (Å²) in [6.07, 6.45) is -0.733. The third-order valence-corrected chi connectivity index (χ3v) is 5.31. The molecule has 0 spiro atoms. The van der Waals surface area contributed by atoms with E-state index in [-0.39, 0.29) is 18.4 Å². The van der Waals surface area contributed by atoms with Gasteiger partial charge in [-0.2, -0.15) is 0 Å². The molecule has 0 bridgehead atoms. The fourth-order valence-electron chi connectivity index (χ4n) is 3.54. The molecule has 0 saturated heterocycles. The molecule has 1 heterocycles. The predicted octanol–water partition coefficient (Wildman–Crippen LogP) is 2.96. The Morgan fingerprint density at radius 2 is 1.72 bits per heavy atom. The molecule has 29 heavy (non-hydrogen) atoms. The summed E-state index contributed by atoms with van der Waals surface area (Å²) in [6, 6.07) is 15.4. The Hall–Kier alpha value is -2.86. The highest BCUT2D eigenvalue weighted by Gasteiger charge is 2.32. The number of ether oxygens (including phenoxy) is 1. The summed E-state index contributed by atoms with van der Waals surface area (Å²) >= 11 is 0. The molecule has 2 aromatic rings. The van der Waals surface area contributed by atoms with Gasteiger partial charge in [-0.25, -0.2) is 0 Å². The van der Waals surface area contributed by atoms with Gasteiger partial charge in [-0.15, -0.1) is 0 Å². The molecule has 0 saturated carbocycles. The third-order valence-electron chi connectivity index (χ3n) is 5.31. The number of rotatable bonds is 7. The van der Waals surface area contributed by atoms with E-state index in [4.69, 9.17) is 4.74 Å². The molecule has 0 aromatic heterocycles. The first-order valence-electron chi connectivity index (χ1n) is 10.1. The topological polar surface area (TPSA) is 61.9 Å². The van der Waals surface area contributed by atoms with E-state index in [1.54, 1.807) is 11.0 Å². The van der Waals surface area contributed by atoms with Gasteiger partial charge < -0.3 is 15.0 Å². The van der Waals surface area contributed by atoms with Crippen molar-refractivity contribution in [2.45, 2.75) is 40.0 Å². The molecule has 1 aliphatic heterocycles. The zero-order valence-electron chi connectivity index (χ0n) is 17.4. The van der Waals surface area contributed by atoms with Gasteiger partial charge in [0.25, 0.3) is 5.91 Å². The van der Waals surface area contributed by atoms with Crippen LogP contribution in [0.15, 0.2) is 48.5 Å². The first kappa shape index (κ1) is 20.9. The first-order chi connectivity index (χ1) is 14.0. The molecule has 2 aromatic carbocycles. The Balaban J connectivity index is 1.68. The summed E-state index contributed by atoms with van der Waals surface area (Å²) in [4.78, 5) is 28.8. The standard InChI is InChI=1S/C23H29N3O3/c1-4-25(5-2)15-19-11-7-6-10-18(19)14-24-23(28)22-16-26(17(3)27)20-12-8-9-13-21(20)29-22/h6-13,22H,4-5,14-16H2,1-3H3,(H,24,28)/t22-/m1/s1. The van der Waals surface area contributed by atoms with Crippen LogP contribution < -0.4 is 15.0 Å². The van der Waals surface area contributed by atoms with Crippen molar-refractivity contribution in [3.63, 3.8) is 0 Å². The minimum absolute atomic E-state index is 0.108. The Labute approximate surface area is 172 Å². The van der Waals surface area contributed by atoms with Gasteiger partial charge in [0.15, 0.2) is 6.10 Å². The lowest BCUT2D eigenvalue weighted by atomic mass is 10.1. The molecule has 1 N–H and O–H groups in total. The number of benzene rings is 2. The number of fused-ring (bicyclic) bond motifs is 1. The molecule has 2 amide bonds. The smallest absolute Gasteiger partial charge is 0.263 e. The van der Waals surface area contributed by atoms with Gasteiger partial charge in [-0.05, 0) is 36.3 Å². The SMILES string of the molecule is CCN(CC)Cc1ccccc1CNC(=O)[C@H]1CN(C(C)=O)c2ccccc2O1. The molecule has 154 valence electrons. The molecule has 0 fully saturated rings. The van der Waals surface area contributed by atoms with Crippen LogP contribution in [0, 0.1) is 0 Å². The maximum atomic E-state index is 12.8. The second kappa shape index (κ2) is 9.56. The minimum Gasteiger partial charge on any atom is -0.477 e. The molecular formula is C23H29N3O3. The fourth-order valence-corrected chi connectivity index (χ4v) is 3.54. The quantitative estimate of drug-likeness (QED) is 0.783. The first-order valence-corrected chi connectivity index (χ1v) is 10.1. The summed E-state index contributed by atoms with van der Waals surface area (Å²) in [5.41, 5.74) is 3.00. The minimum atomic E-state index is -0.733. The number of hydrogen-bond acceptors (Lipinski definition) is 4. The maximum Gasteiger partial charge on any atom is 0.263 e. The molecule has 1 aliphatic rings. The summed E-state index contributed by atoms with van der Waals surface area (Å²) in [7, 11) is 0. The van der Waals surface area contributed by atoms with Gasteiger partial charge in [-0.3, -0.25) is 14.5 Å². The van der Waals surface area contributed by atoms with E-state index in [2.05, 4.69) is 30.1 Å². The number of nitrogens with one attached hydrogen (secondary N) is 1. The Morgan fingerprint density at radius 1 is 1.07 bits per heavy atom. The normalized spacial score (nSPS) is 15.6. The van der Waals surface area contributed by atoms with Crippen molar-refractivity contribution in [2.75, 3.05) is 24.5 Å². The molecule has 0 aliphatic carbocycles. The number of carbonyl (C=O) groups is 2. The number of hydrogen-bond donors (Lipinski definition) is 1. The molecule has 3 rings (SSSR count).